The van der Waals surface area contributed by atoms with Gasteiger partial charge in [0.1, 0.15) is 16.7 Å². The van der Waals surface area contributed by atoms with Crippen molar-refractivity contribution in [3.63, 3.8) is 0 Å². The third kappa shape index (κ3) is 3.39. The molecule has 106 valence electrons. The van der Waals surface area contributed by atoms with Crippen molar-refractivity contribution in [3.05, 3.63) is 11.4 Å². The van der Waals surface area contributed by atoms with Crippen LogP contribution in [0.1, 0.15) is 39.1 Å². The third-order valence-corrected chi connectivity index (χ3v) is 4.23. The molecule has 1 aromatic heterocycles. The predicted octanol–water partition coefficient (Wildman–Crippen LogP) is 3.01. The van der Waals surface area contributed by atoms with E-state index >= 15 is 0 Å². The summed E-state index contributed by atoms with van der Waals surface area (Å²) in [4.78, 5) is 9.44. The topological polar surface area (TPSA) is 47.0 Å². The Hall–Kier alpha value is -0.810. The molecule has 2 heterocycles. The van der Waals surface area contributed by atoms with E-state index in [1.165, 1.54) is 0 Å². The van der Waals surface area contributed by atoms with E-state index in [9.17, 15) is 0 Å². The maximum atomic E-state index is 5.24. The van der Waals surface area contributed by atoms with E-state index in [2.05, 4.69) is 44.9 Å². The van der Waals surface area contributed by atoms with Crippen LogP contribution in [0.15, 0.2) is 5.03 Å². The second-order valence-corrected chi connectivity index (χ2v) is 7.17. The Bertz CT molecular complexity index is 453. The van der Waals surface area contributed by atoms with Crippen LogP contribution >= 0.6 is 11.8 Å². The summed E-state index contributed by atoms with van der Waals surface area (Å²) < 4.78 is 5.24. The molecule has 0 saturated carbocycles. The number of hydrogen-bond acceptors (Lipinski definition) is 5. The quantitative estimate of drug-likeness (QED) is 0.860. The molecule has 1 fully saturated rings. The Morgan fingerprint density at radius 2 is 2.00 bits per heavy atom. The van der Waals surface area contributed by atoms with E-state index in [-0.39, 0.29) is 5.41 Å². The summed E-state index contributed by atoms with van der Waals surface area (Å²) in [5.74, 6) is 1.86. The minimum atomic E-state index is -0.0384. The van der Waals surface area contributed by atoms with E-state index in [4.69, 9.17) is 9.72 Å². The van der Waals surface area contributed by atoms with Crippen LogP contribution in [0.4, 0.5) is 5.82 Å². The number of nitrogens with one attached hydrogen (secondary N) is 1. The molecular weight excluding hydrogens is 258 g/mol. The SMILES string of the molecule is CCNc1nc(C(C)(C)C)nc(SC2COC2)c1C. The molecule has 5 heteroatoms. The molecule has 4 nitrogen and oxygen atoms in total. The highest BCUT2D eigenvalue weighted by atomic mass is 32.2. The fourth-order valence-corrected chi connectivity index (χ4v) is 2.78. The summed E-state index contributed by atoms with van der Waals surface area (Å²) in [6.45, 7) is 13.1. The van der Waals surface area contributed by atoms with E-state index in [1.54, 1.807) is 0 Å². The molecule has 19 heavy (non-hydrogen) atoms. The molecule has 0 aliphatic carbocycles. The monoisotopic (exact) mass is 281 g/mol. The molecule has 1 aliphatic heterocycles. The smallest absolute Gasteiger partial charge is 0.137 e. The molecule has 1 N–H and O–H groups in total. The van der Waals surface area contributed by atoms with Crippen LogP contribution in [-0.2, 0) is 10.2 Å². The van der Waals surface area contributed by atoms with E-state index in [0.717, 1.165) is 42.0 Å². The fraction of sp³-hybridized carbons (Fsp3) is 0.714. The molecule has 0 radical (unpaired) electrons. The van der Waals surface area contributed by atoms with Gasteiger partial charge in [0.2, 0.25) is 0 Å². The summed E-state index contributed by atoms with van der Waals surface area (Å²) >= 11 is 1.81. The first-order valence-corrected chi connectivity index (χ1v) is 7.67. The van der Waals surface area contributed by atoms with Gasteiger partial charge < -0.3 is 10.1 Å². The first-order valence-electron chi connectivity index (χ1n) is 6.79. The average molecular weight is 281 g/mol. The van der Waals surface area contributed by atoms with Crippen molar-refractivity contribution >= 4 is 17.6 Å². The molecule has 0 spiro atoms. The van der Waals surface area contributed by atoms with Crippen LogP contribution in [-0.4, -0.2) is 35.0 Å². The van der Waals surface area contributed by atoms with Gasteiger partial charge in [-0.1, -0.05) is 32.5 Å². The zero-order valence-corrected chi connectivity index (χ0v) is 13.2. The number of ether oxygens (including phenoxy) is 1. The van der Waals surface area contributed by atoms with Crippen molar-refractivity contribution in [2.45, 2.75) is 50.3 Å². The first-order chi connectivity index (χ1) is 8.91. The summed E-state index contributed by atoms with van der Waals surface area (Å²) in [5, 5.41) is 4.97. The Morgan fingerprint density at radius 3 is 2.47 bits per heavy atom. The standard InChI is InChI=1S/C14H23N3OS/c1-6-15-11-9(2)12(19-10-7-18-8-10)17-13(16-11)14(3,4)5/h10H,6-8H2,1-5H3,(H,15,16,17). The van der Waals surface area contributed by atoms with Crippen LogP contribution in [0, 0.1) is 6.92 Å². The lowest BCUT2D eigenvalue weighted by molar-refractivity contribution is 0.0454. The van der Waals surface area contributed by atoms with Crippen molar-refractivity contribution in [2.24, 2.45) is 0 Å². The number of thioether (sulfide) groups is 1. The van der Waals surface area contributed by atoms with E-state index in [1.807, 2.05) is 11.8 Å². The largest absolute Gasteiger partial charge is 0.379 e. The maximum Gasteiger partial charge on any atom is 0.137 e. The minimum absolute atomic E-state index is 0.0384. The molecule has 0 unspecified atom stereocenters. The maximum absolute atomic E-state index is 5.24. The summed E-state index contributed by atoms with van der Waals surface area (Å²) in [7, 11) is 0. The van der Waals surface area contributed by atoms with Gasteiger partial charge in [-0.15, -0.1) is 0 Å². The van der Waals surface area contributed by atoms with Gasteiger partial charge in [0.25, 0.3) is 0 Å². The lowest BCUT2D eigenvalue weighted by atomic mass is 9.95. The Labute approximate surface area is 119 Å². The number of nitrogens with zero attached hydrogens (tertiary/aromatic N) is 2. The molecule has 1 saturated heterocycles. The highest BCUT2D eigenvalue weighted by Gasteiger charge is 2.25. The van der Waals surface area contributed by atoms with Crippen LogP contribution < -0.4 is 5.32 Å². The predicted molar refractivity (Wildman–Crippen MR) is 80.1 cm³/mol. The van der Waals surface area contributed by atoms with Gasteiger partial charge in [-0.2, -0.15) is 0 Å². The van der Waals surface area contributed by atoms with Gasteiger partial charge in [0.15, 0.2) is 0 Å². The molecule has 1 aromatic rings. The molecular formula is C14H23N3OS. The van der Waals surface area contributed by atoms with Crippen LogP contribution in [0.5, 0.6) is 0 Å². The Balaban J connectivity index is 2.35. The third-order valence-electron chi connectivity index (χ3n) is 3.00. The summed E-state index contributed by atoms with van der Waals surface area (Å²) in [6.07, 6.45) is 0. The van der Waals surface area contributed by atoms with Gasteiger partial charge in [-0.3, -0.25) is 0 Å². The minimum Gasteiger partial charge on any atom is -0.379 e. The summed E-state index contributed by atoms with van der Waals surface area (Å²) in [6, 6.07) is 0. The molecule has 0 amide bonds. The molecule has 0 atom stereocenters. The van der Waals surface area contributed by atoms with Gasteiger partial charge in [0, 0.05) is 17.5 Å². The molecule has 2 rings (SSSR count). The van der Waals surface area contributed by atoms with Crippen molar-refractivity contribution in [1.82, 2.24) is 9.97 Å². The number of aromatic nitrogens is 2. The first kappa shape index (κ1) is 14.6. The lowest BCUT2D eigenvalue weighted by Crippen LogP contribution is -2.30. The molecule has 1 aliphatic rings. The second-order valence-electron chi connectivity index (χ2n) is 5.88. The average Bonchev–Trinajstić information content (AvgIpc) is 2.26. The van der Waals surface area contributed by atoms with Crippen molar-refractivity contribution in [3.8, 4) is 0 Å². The number of anilines is 1. The normalized spacial score (nSPS) is 16.3. The van der Waals surface area contributed by atoms with Crippen LogP contribution in [0.25, 0.3) is 0 Å². The Morgan fingerprint density at radius 1 is 1.32 bits per heavy atom. The lowest BCUT2D eigenvalue weighted by Gasteiger charge is -2.27. The van der Waals surface area contributed by atoms with Crippen molar-refractivity contribution in [1.29, 1.82) is 0 Å². The number of rotatable bonds is 4. The van der Waals surface area contributed by atoms with Crippen molar-refractivity contribution in [2.75, 3.05) is 25.1 Å². The number of hydrogen-bond donors (Lipinski definition) is 1. The van der Waals surface area contributed by atoms with Gasteiger partial charge in [-0.25, -0.2) is 9.97 Å². The van der Waals surface area contributed by atoms with Crippen LogP contribution in [0.2, 0.25) is 0 Å². The second kappa shape index (κ2) is 5.67. The van der Waals surface area contributed by atoms with Gasteiger partial charge in [0.05, 0.1) is 18.5 Å². The van der Waals surface area contributed by atoms with E-state index in [0.29, 0.717) is 5.25 Å². The molecule has 0 aromatic carbocycles. The van der Waals surface area contributed by atoms with Crippen molar-refractivity contribution < 1.29 is 4.74 Å². The van der Waals surface area contributed by atoms with Gasteiger partial charge >= 0.3 is 0 Å². The highest BCUT2D eigenvalue weighted by Crippen LogP contribution is 2.33. The molecule has 0 bridgehead atoms. The van der Waals surface area contributed by atoms with Gasteiger partial charge in [-0.05, 0) is 13.8 Å². The summed E-state index contributed by atoms with van der Waals surface area (Å²) in [5.41, 5.74) is 1.11. The zero-order valence-electron chi connectivity index (χ0n) is 12.4. The highest BCUT2D eigenvalue weighted by molar-refractivity contribution is 8.00. The zero-order chi connectivity index (χ0) is 14.0. The Kier molecular flexibility index (Phi) is 4.36. The van der Waals surface area contributed by atoms with E-state index < -0.39 is 0 Å². The fourth-order valence-electron chi connectivity index (χ4n) is 1.73. The van der Waals surface area contributed by atoms with Crippen LogP contribution in [0.3, 0.4) is 0 Å².